The zero-order chi connectivity index (χ0) is 40.0. The maximum atomic E-state index is 12.6. The quantitative estimate of drug-likeness (QED) is 0.0199. The van der Waals surface area contributed by atoms with Crippen molar-refractivity contribution in [2.24, 2.45) is 0 Å². The van der Waals surface area contributed by atoms with Gasteiger partial charge < -0.3 is 27.9 Å². The third-order valence-electron chi connectivity index (χ3n) is 9.18. The van der Waals surface area contributed by atoms with Crippen LogP contribution in [0.5, 0.6) is 0 Å². The first kappa shape index (κ1) is 52.2. The molecule has 0 N–H and O–H groups in total. The molecule has 0 aromatic heterocycles. The molecule has 0 aromatic carbocycles. The highest BCUT2D eigenvalue weighted by Gasteiger charge is 2.21. The van der Waals surface area contributed by atoms with E-state index in [0.717, 1.165) is 38.5 Å². The van der Waals surface area contributed by atoms with Crippen LogP contribution >= 0.6 is 7.82 Å². The van der Waals surface area contributed by atoms with Crippen LogP contribution in [0.4, 0.5) is 0 Å². The lowest BCUT2D eigenvalue weighted by Crippen LogP contribution is -2.37. The molecule has 0 aliphatic heterocycles. The molecule has 0 aromatic rings. The summed E-state index contributed by atoms with van der Waals surface area (Å²) < 4.78 is 33.8. The van der Waals surface area contributed by atoms with Crippen LogP contribution in [0.2, 0.25) is 0 Å². The molecular formula is C44H82NO8P. The Hall–Kier alpha value is -1.77. The molecule has 316 valence electrons. The Morgan fingerprint density at radius 2 is 1.04 bits per heavy atom. The Balaban J connectivity index is 4.47. The second-order valence-electron chi connectivity index (χ2n) is 15.7. The van der Waals surface area contributed by atoms with E-state index in [1.165, 1.54) is 109 Å². The van der Waals surface area contributed by atoms with Crippen LogP contribution in [0.15, 0.2) is 36.5 Å². The van der Waals surface area contributed by atoms with Crippen molar-refractivity contribution in [1.82, 2.24) is 0 Å². The average Bonchev–Trinajstić information content (AvgIpc) is 3.12. The van der Waals surface area contributed by atoms with Gasteiger partial charge in [-0.2, -0.15) is 0 Å². The standard InChI is InChI=1S/C44H82NO8P/c1-6-8-10-12-14-16-18-20-21-22-23-25-27-29-31-33-35-37-44(47)53-42(41-52-54(48,49)51-39-38-45(3,4)5)40-50-43(46)36-34-32-30-28-26-24-19-17-15-13-11-9-7-2/h21-22,25,27,31,33,42H,6-20,23-24,26,28-30,32,34-41H2,1-5H3/b22-21-,27-25-,33-31-. The average molecular weight is 784 g/mol. The molecule has 0 amide bonds. The molecule has 10 heteroatoms. The zero-order valence-corrected chi connectivity index (χ0v) is 36.3. The van der Waals surface area contributed by atoms with Gasteiger partial charge in [-0.15, -0.1) is 0 Å². The van der Waals surface area contributed by atoms with Crippen molar-refractivity contribution in [1.29, 1.82) is 0 Å². The van der Waals surface area contributed by atoms with Crippen LogP contribution in [0.3, 0.4) is 0 Å². The van der Waals surface area contributed by atoms with Gasteiger partial charge in [-0.1, -0.05) is 166 Å². The SMILES string of the molecule is CCCCCCCCC/C=C\C/C=C\C/C=C\CCC(=O)OC(COC(=O)CCCCCCCCCCCCCCC)COP(=O)([O-])OCC[N+](C)(C)C. The lowest BCUT2D eigenvalue weighted by Gasteiger charge is -2.28. The fraction of sp³-hybridized carbons (Fsp3) is 0.818. The number of hydrogen-bond acceptors (Lipinski definition) is 8. The van der Waals surface area contributed by atoms with Gasteiger partial charge in [-0.05, 0) is 38.5 Å². The second kappa shape index (κ2) is 36.8. The van der Waals surface area contributed by atoms with Gasteiger partial charge in [-0.3, -0.25) is 14.2 Å². The molecule has 54 heavy (non-hydrogen) atoms. The molecule has 0 rings (SSSR count). The highest BCUT2D eigenvalue weighted by Crippen LogP contribution is 2.38. The van der Waals surface area contributed by atoms with Crippen molar-refractivity contribution in [3.8, 4) is 0 Å². The van der Waals surface area contributed by atoms with Gasteiger partial charge in [0.05, 0.1) is 27.7 Å². The topological polar surface area (TPSA) is 111 Å². The summed E-state index contributed by atoms with van der Waals surface area (Å²) in [5, 5.41) is 0. The Kier molecular flexibility index (Phi) is 35.6. The van der Waals surface area contributed by atoms with E-state index in [9.17, 15) is 19.0 Å². The van der Waals surface area contributed by atoms with Gasteiger partial charge in [0.25, 0.3) is 7.82 Å². The smallest absolute Gasteiger partial charge is 0.306 e. The fourth-order valence-corrected chi connectivity index (χ4v) is 6.47. The summed E-state index contributed by atoms with van der Waals surface area (Å²) in [4.78, 5) is 37.4. The monoisotopic (exact) mass is 784 g/mol. The normalized spacial score (nSPS) is 14.0. The number of hydrogen-bond donors (Lipinski definition) is 0. The summed E-state index contributed by atoms with van der Waals surface area (Å²) >= 11 is 0. The number of phosphoric ester groups is 1. The number of unbranched alkanes of at least 4 members (excludes halogenated alkanes) is 19. The van der Waals surface area contributed by atoms with E-state index in [4.69, 9.17) is 18.5 Å². The minimum absolute atomic E-state index is 0.0413. The van der Waals surface area contributed by atoms with Crippen molar-refractivity contribution >= 4 is 19.8 Å². The molecule has 0 heterocycles. The van der Waals surface area contributed by atoms with Crippen LogP contribution in [0, 0.1) is 0 Å². The first-order chi connectivity index (χ1) is 26.0. The van der Waals surface area contributed by atoms with Crippen LogP contribution in [-0.2, 0) is 32.7 Å². The Labute approximate surface area is 331 Å². The number of carbonyl (C=O) groups is 2. The van der Waals surface area contributed by atoms with E-state index in [2.05, 4.69) is 38.2 Å². The highest BCUT2D eigenvalue weighted by atomic mass is 31.2. The number of carbonyl (C=O) groups excluding carboxylic acids is 2. The van der Waals surface area contributed by atoms with E-state index < -0.39 is 32.5 Å². The van der Waals surface area contributed by atoms with Gasteiger partial charge in [0.15, 0.2) is 6.10 Å². The number of nitrogens with zero attached hydrogens (tertiary/aromatic N) is 1. The number of ether oxygens (including phenoxy) is 2. The molecule has 0 fully saturated rings. The molecule has 9 nitrogen and oxygen atoms in total. The summed E-state index contributed by atoms with van der Waals surface area (Å²) in [5.41, 5.74) is 0. The Morgan fingerprint density at radius 1 is 0.574 bits per heavy atom. The van der Waals surface area contributed by atoms with E-state index >= 15 is 0 Å². The molecule has 0 aliphatic rings. The molecule has 0 saturated heterocycles. The van der Waals surface area contributed by atoms with E-state index in [1.54, 1.807) is 0 Å². The van der Waals surface area contributed by atoms with Crippen molar-refractivity contribution < 1.29 is 42.1 Å². The van der Waals surface area contributed by atoms with Gasteiger partial charge in [0.1, 0.15) is 19.8 Å². The first-order valence-electron chi connectivity index (χ1n) is 21.7. The van der Waals surface area contributed by atoms with Gasteiger partial charge in [0.2, 0.25) is 0 Å². The molecule has 0 bridgehead atoms. The largest absolute Gasteiger partial charge is 0.756 e. The van der Waals surface area contributed by atoms with E-state index in [-0.39, 0.29) is 26.1 Å². The molecule has 0 spiro atoms. The number of quaternary nitrogens is 1. The predicted molar refractivity (Wildman–Crippen MR) is 222 cm³/mol. The van der Waals surface area contributed by atoms with Crippen molar-refractivity contribution in [2.75, 3.05) is 47.5 Å². The summed E-state index contributed by atoms with van der Waals surface area (Å²) in [6.45, 7) is 4.15. The molecule has 2 unspecified atom stereocenters. The Bertz CT molecular complexity index is 1020. The minimum atomic E-state index is -4.64. The molecule has 2 atom stereocenters. The van der Waals surface area contributed by atoms with Crippen LogP contribution < -0.4 is 4.89 Å². The molecule has 0 aliphatic carbocycles. The van der Waals surface area contributed by atoms with Crippen molar-refractivity contribution in [3.05, 3.63) is 36.5 Å². The molecule has 0 radical (unpaired) electrons. The number of phosphoric acid groups is 1. The summed E-state index contributed by atoms with van der Waals surface area (Å²) in [7, 11) is 1.13. The van der Waals surface area contributed by atoms with Gasteiger partial charge in [0, 0.05) is 12.8 Å². The first-order valence-corrected chi connectivity index (χ1v) is 23.2. The zero-order valence-electron chi connectivity index (χ0n) is 35.4. The number of rotatable bonds is 39. The summed E-state index contributed by atoms with van der Waals surface area (Å²) in [6, 6.07) is 0. The minimum Gasteiger partial charge on any atom is -0.756 e. The number of likely N-dealkylation sites (N-methyl/N-ethyl adjacent to an activating group) is 1. The van der Waals surface area contributed by atoms with Crippen LogP contribution in [-0.4, -0.2) is 70.0 Å². The number of allylic oxidation sites excluding steroid dienone is 6. The Morgan fingerprint density at radius 3 is 1.56 bits per heavy atom. The maximum absolute atomic E-state index is 12.6. The number of esters is 2. The maximum Gasteiger partial charge on any atom is 0.306 e. The third kappa shape index (κ3) is 39.9. The lowest BCUT2D eigenvalue weighted by molar-refractivity contribution is -0.870. The highest BCUT2D eigenvalue weighted by molar-refractivity contribution is 7.45. The van der Waals surface area contributed by atoms with Crippen molar-refractivity contribution in [2.45, 2.75) is 187 Å². The molecular weight excluding hydrogens is 701 g/mol. The van der Waals surface area contributed by atoms with Crippen molar-refractivity contribution in [3.63, 3.8) is 0 Å². The summed E-state index contributed by atoms with van der Waals surface area (Å²) in [6.07, 6.45) is 40.4. The summed E-state index contributed by atoms with van der Waals surface area (Å²) in [5.74, 6) is -0.919. The second-order valence-corrected chi connectivity index (χ2v) is 17.1. The predicted octanol–water partition coefficient (Wildman–Crippen LogP) is 11.5. The van der Waals surface area contributed by atoms with Gasteiger partial charge >= 0.3 is 11.9 Å². The van der Waals surface area contributed by atoms with Gasteiger partial charge in [-0.25, -0.2) is 0 Å². The van der Waals surface area contributed by atoms with E-state index in [0.29, 0.717) is 17.4 Å². The third-order valence-corrected chi connectivity index (χ3v) is 10.1. The lowest BCUT2D eigenvalue weighted by atomic mass is 10.0. The fourth-order valence-electron chi connectivity index (χ4n) is 5.74. The van der Waals surface area contributed by atoms with E-state index in [1.807, 2.05) is 33.3 Å². The van der Waals surface area contributed by atoms with Crippen LogP contribution in [0.1, 0.15) is 181 Å². The van der Waals surface area contributed by atoms with Crippen LogP contribution in [0.25, 0.3) is 0 Å². The molecule has 0 saturated carbocycles.